The maximum atomic E-state index is 15.4. The molecule has 2 bridgehead atoms. The van der Waals surface area contributed by atoms with Crippen LogP contribution in [-0.2, 0) is 57.1 Å². The number of rotatable bonds is 28. The van der Waals surface area contributed by atoms with Gasteiger partial charge in [0, 0.05) is 31.1 Å². The number of aliphatic hydroxyl groups is 3. The number of esters is 5. The van der Waals surface area contributed by atoms with E-state index in [1.54, 1.807) is 83.1 Å². The molecule has 2 aromatic carbocycles. The Kier molecular flexibility index (Phi) is 23.9. The van der Waals surface area contributed by atoms with Crippen LogP contribution in [0.4, 0.5) is 4.79 Å². The molecule has 1 aliphatic heterocycles. The van der Waals surface area contributed by atoms with Crippen molar-refractivity contribution in [3.63, 3.8) is 0 Å². The summed E-state index contributed by atoms with van der Waals surface area (Å²) in [6.45, 7) is 14.3. The minimum Gasteiger partial charge on any atom is -0.466 e. The molecular formula is C66H93NO17. The lowest BCUT2D eigenvalue weighted by Crippen LogP contribution is -2.75. The molecule has 0 spiro atoms. The Morgan fingerprint density at radius 3 is 1.95 bits per heavy atom. The predicted molar refractivity (Wildman–Crippen MR) is 312 cm³/mol. The Bertz CT molecular complexity index is 2630. The first kappa shape index (κ1) is 67.2. The van der Waals surface area contributed by atoms with Gasteiger partial charge in [-0.25, -0.2) is 14.4 Å². The highest BCUT2D eigenvalue weighted by Crippen LogP contribution is 2.61. The molecule has 18 heteroatoms. The summed E-state index contributed by atoms with van der Waals surface area (Å²) < 4.78 is 41.6. The van der Waals surface area contributed by atoms with Crippen LogP contribution < -0.4 is 5.32 Å². The predicted octanol–water partition coefficient (Wildman–Crippen LogP) is 10.6. The van der Waals surface area contributed by atoms with Crippen molar-refractivity contribution in [2.24, 2.45) is 16.7 Å². The number of fused-ring (bicyclic) bond motifs is 5. The summed E-state index contributed by atoms with van der Waals surface area (Å²) in [7, 11) is 0. The van der Waals surface area contributed by atoms with Crippen LogP contribution in [0.15, 0.2) is 84.0 Å². The first-order chi connectivity index (χ1) is 39.8. The fourth-order valence-electron chi connectivity index (χ4n) is 12.8. The van der Waals surface area contributed by atoms with Crippen LogP contribution in [-0.4, -0.2) is 124 Å². The van der Waals surface area contributed by atoms with Crippen LogP contribution in [0, 0.1) is 16.7 Å². The summed E-state index contributed by atoms with van der Waals surface area (Å²) in [6.07, 6.45) is 7.62. The van der Waals surface area contributed by atoms with Gasteiger partial charge in [-0.05, 0) is 102 Å². The van der Waals surface area contributed by atoms with Crippen molar-refractivity contribution in [1.82, 2.24) is 5.32 Å². The number of nitrogens with one attached hydrogen (secondary N) is 1. The minimum atomic E-state index is -2.35. The molecule has 3 fully saturated rings. The normalized spacial score (nSPS) is 27.0. The van der Waals surface area contributed by atoms with E-state index in [9.17, 15) is 39.3 Å². The number of carbonyl (C=O) groups excluding carboxylic acids is 7. The zero-order chi connectivity index (χ0) is 61.5. The second-order valence-corrected chi connectivity index (χ2v) is 25.1. The van der Waals surface area contributed by atoms with Gasteiger partial charge in [0.25, 0.3) is 0 Å². The van der Waals surface area contributed by atoms with E-state index in [1.807, 2.05) is 0 Å². The number of hydrogen-bond donors (Lipinski definition) is 4. The van der Waals surface area contributed by atoms with Crippen molar-refractivity contribution in [2.45, 2.75) is 244 Å². The van der Waals surface area contributed by atoms with Crippen LogP contribution >= 0.6 is 0 Å². The van der Waals surface area contributed by atoms with Gasteiger partial charge in [-0.3, -0.25) is 19.2 Å². The maximum absolute atomic E-state index is 15.4. The first-order valence-corrected chi connectivity index (χ1v) is 30.5. The Morgan fingerprint density at radius 2 is 1.37 bits per heavy atom. The maximum Gasteiger partial charge on any atom is 0.408 e. The van der Waals surface area contributed by atoms with Crippen LogP contribution in [0.2, 0.25) is 0 Å². The van der Waals surface area contributed by atoms with E-state index < -0.39 is 144 Å². The van der Waals surface area contributed by atoms with Gasteiger partial charge < -0.3 is 53.8 Å². The van der Waals surface area contributed by atoms with Gasteiger partial charge in [-0.1, -0.05) is 139 Å². The summed E-state index contributed by atoms with van der Waals surface area (Å²) in [4.78, 5) is 98.5. The van der Waals surface area contributed by atoms with Gasteiger partial charge in [0.05, 0.1) is 43.1 Å². The van der Waals surface area contributed by atoms with Gasteiger partial charge in [0.15, 0.2) is 11.4 Å². The fourth-order valence-corrected chi connectivity index (χ4v) is 12.8. The highest BCUT2D eigenvalue weighted by Gasteiger charge is 2.73. The molecule has 3 aliphatic carbocycles. The average molecular weight is 1170 g/mol. The Balaban J connectivity index is 1.24. The highest BCUT2D eigenvalue weighted by molar-refractivity contribution is 5.93. The lowest BCUT2D eigenvalue weighted by Gasteiger charge is -2.62. The van der Waals surface area contributed by atoms with Crippen LogP contribution in [0.25, 0.3) is 0 Å². The molecule has 0 radical (unpaired) electrons. The number of unbranched alkanes of at least 4 members (excludes halogenated alkanes) is 12. The van der Waals surface area contributed by atoms with Gasteiger partial charge in [0.2, 0.25) is 6.10 Å². The zero-order valence-electron chi connectivity index (χ0n) is 51.0. The Morgan fingerprint density at radius 1 is 0.786 bits per heavy atom. The van der Waals surface area contributed by atoms with E-state index in [2.05, 4.69) is 24.4 Å². The molecule has 1 saturated heterocycles. The third kappa shape index (κ3) is 16.3. The topological polar surface area (TPSA) is 257 Å². The molecule has 1 amide bonds. The van der Waals surface area contributed by atoms with Gasteiger partial charge in [-0.15, -0.1) is 0 Å². The molecule has 4 aliphatic rings. The molecule has 464 valence electrons. The third-order valence-electron chi connectivity index (χ3n) is 17.6. The summed E-state index contributed by atoms with van der Waals surface area (Å²) in [5.74, 6) is -6.68. The first-order valence-electron chi connectivity index (χ1n) is 30.5. The summed E-state index contributed by atoms with van der Waals surface area (Å²) in [5.41, 5.74) is -8.20. The highest BCUT2D eigenvalue weighted by atomic mass is 16.6. The number of ketones is 1. The monoisotopic (exact) mass is 1170 g/mol. The molecule has 84 heavy (non-hydrogen) atoms. The van der Waals surface area contributed by atoms with Crippen molar-refractivity contribution < 1.29 is 82.0 Å². The number of Topliss-reactive ketones (excluding diaryl/α,β-unsaturated/α-hetero) is 1. The van der Waals surface area contributed by atoms with Crippen LogP contribution in [0.3, 0.4) is 0 Å². The molecular weight excluding hydrogens is 1080 g/mol. The van der Waals surface area contributed by atoms with Crippen molar-refractivity contribution >= 4 is 41.7 Å². The van der Waals surface area contributed by atoms with E-state index in [-0.39, 0.29) is 41.9 Å². The van der Waals surface area contributed by atoms with Gasteiger partial charge >= 0.3 is 35.9 Å². The number of amides is 1. The number of carbonyl (C=O) groups is 7. The number of ether oxygens (including phenoxy) is 7. The van der Waals surface area contributed by atoms with Crippen LogP contribution in [0.5, 0.6) is 0 Å². The minimum absolute atomic E-state index is 0.0997. The molecule has 2 saturated carbocycles. The standard InChI is InChI=1S/C66H93NO17/c1-10-11-12-13-14-15-16-17-18-19-20-21-22-23-24-31-38-78-52(70)36-37-53(71)82-57(55(45-32-27-25-28-33-45)67-61(76)84-62(4,5)6)60(75)80-47-41-66(77)51(81-59(74)46-34-29-26-30-35-46)39-48-64(9,58(73)56(72)54(43(47)2)63(66,7)8)49(69)40-50-65(48,42-79-50)83-44(3)68/h17-18,25-30,32-35,47-51,55-57,69,72,77H,10-16,19-24,31,36-42H2,1-9H3,(H,67,76)/b18-17-/t47-,48-,49-,50+,51-,55-,56+,57+,64-,65+,66+/m0/s1. The van der Waals surface area contributed by atoms with Gasteiger partial charge in [0.1, 0.15) is 41.7 Å². The molecule has 1 heterocycles. The zero-order valence-corrected chi connectivity index (χ0v) is 51.0. The van der Waals surface area contributed by atoms with E-state index in [1.165, 1.54) is 71.4 Å². The van der Waals surface area contributed by atoms with Crippen molar-refractivity contribution in [2.75, 3.05) is 13.2 Å². The van der Waals surface area contributed by atoms with E-state index in [4.69, 9.17) is 33.2 Å². The van der Waals surface area contributed by atoms with E-state index >= 15 is 9.59 Å². The Hall–Kier alpha value is -5.95. The van der Waals surface area contributed by atoms with Crippen molar-refractivity contribution in [1.29, 1.82) is 0 Å². The molecule has 4 N–H and O–H groups in total. The SMILES string of the molecule is CCCCCCCC/C=C\CCCCCCCCOC(=O)CCC(=O)O[C@@H](C(=O)O[C@H]1C[C@@]2(O)[C@@H](OC(=O)c3ccccc3)C[C@@H]3[C@]4(OC(C)=O)CO[C@@H]4C[C@H](O)[C@@]3(C)C(=O)[C@H](O)C(=C1C)C2(C)C)[C@@H](NC(=O)OC(C)(C)C)c1ccccc1. The molecule has 0 unspecified atom stereocenters. The molecule has 0 aromatic heterocycles. The lowest BCUT2D eigenvalue weighted by molar-refractivity contribution is -0.323. The second-order valence-electron chi connectivity index (χ2n) is 25.1. The van der Waals surface area contributed by atoms with Gasteiger partial charge in [-0.2, -0.15) is 0 Å². The molecule has 11 atom stereocenters. The van der Waals surface area contributed by atoms with E-state index in [0.717, 1.165) is 44.9 Å². The summed E-state index contributed by atoms with van der Waals surface area (Å²) in [6, 6.07) is 14.6. The number of alkyl carbamates (subject to hydrolysis) is 1. The van der Waals surface area contributed by atoms with Crippen LogP contribution in [0.1, 0.15) is 206 Å². The second kappa shape index (κ2) is 29.9. The molecule has 6 rings (SSSR count). The van der Waals surface area contributed by atoms with E-state index in [0.29, 0.717) is 6.42 Å². The van der Waals surface area contributed by atoms with Crippen molar-refractivity contribution in [3.8, 4) is 0 Å². The third-order valence-corrected chi connectivity index (χ3v) is 17.6. The number of hydrogen-bond acceptors (Lipinski definition) is 17. The van der Waals surface area contributed by atoms with Crippen molar-refractivity contribution in [3.05, 3.63) is 95.1 Å². The smallest absolute Gasteiger partial charge is 0.408 e. The summed E-state index contributed by atoms with van der Waals surface area (Å²) in [5, 5.41) is 41.0. The number of aliphatic hydroxyl groups excluding tert-OH is 2. The quantitative estimate of drug-likeness (QED) is 0.0267. The number of allylic oxidation sites excluding steroid dienone is 2. The molecule has 2 aromatic rings. The lowest BCUT2D eigenvalue weighted by atomic mass is 9.52. The number of benzene rings is 2. The largest absolute Gasteiger partial charge is 0.466 e. The Labute approximate surface area is 496 Å². The summed E-state index contributed by atoms with van der Waals surface area (Å²) >= 11 is 0. The average Bonchev–Trinajstić information content (AvgIpc) is 1.36. The fraction of sp³-hybridized carbons (Fsp3) is 0.652. The molecule has 18 nitrogen and oxygen atoms in total.